The molecule has 1 unspecified atom stereocenters. The molecule has 0 aliphatic carbocycles. The maximum Gasteiger partial charge on any atom is 0.438 e. The summed E-state index contributed by atoms with van der Waals surface area (Å²) in [6.45, 7) is 7.16. The van der Waals surface area contributed by atoms with Crippen molar-refractivity contribution in [2.75, 3.05) is 0 Å². The molecular formula is C11H17N5O4S. The van der Waals surface area contributed by atoms with Crippen LogP contribution in [0.5, 0.6) is 0 Å². The first-order valence-electron chi connectivity index (χ1n) is 6.23. The number of sulfonamides is 1. The average molecular weight is 315 g/mol. The number of H-pyrrole nitrogens is 2. The molecule has 2 aromatic heterocycles. The van der Waals surface area contributed by atoms with Gasteiger partial charge in [0.15, 0.2) is 10.9 Å². The number of aromatic amines is 2. The van der Waals surface area contributed by atoms with Crippen LogP contribution in [-0.4, -0.2) is 28.5 Å². The number of nitrogens with zero attached hydrogens (tertiary/aromatic N) is 2. The van der Waals surface area contributed by atoms with E-state index < -0.39 is 27.2 Å². The monoisotopic (exact) mass is 315 g/mol. The Balaban J connectivity index is 2.31. The van der Waals surface area contributed by atoms with Crippen molar-refractivity contribution in [1.82, 2.24) is 24.8 Å². The zero-order chi connectivity index (χ0) is 15.8. The Morgan fingerprint density at radius 3 is 2.57 bits per heavy atom. The molecule has 10 heteroatoms. The SMILES string of the molecule is CC(NS(=O)(=O)c1nc[nH]c1C(C)(C)C)c1noc(=O)[nH]1. The highest BCUT2D eigenvalue weighted by Crippen LogP contribution is 2.26. The Hall–Kier alpha value is -1.94. The van der Waals surface area contributed by atoms with E-state index in [4.69, 9.17) is 0 Å². The Kier molecular flexibility index (Phi) is 3.76. The first-order valence-corrected chi connectivity index (χ1v) is 7.71. The van der Waals surface area contributed by atoms with E-state index in [0.717, 1.165) is 0 Å². The van der Waals surface area contributed by atoms with Gasteiger partial charge in [-0.15, -0.1) is 0 Å². The van der Waals surface area contributed by atoms with E-state index in [1.807, 2.05) is 20.8 Å². The molecule has 0 amide bonds. The number of nitrogens with one attached hydrogen (secondary N) is 3. The van der Waals surface area contributed by atoms with Crippen LogP contribution in [0.1, 0.15) is 45.3 Å². The van der Waals surface area contributed by atoms with E-state index in [-0.39, 0.29) is 10.9 Å². The second-order valence-electron chi connectivity index (χ2n) is 5.66. The van der Waals surface area contributed by atoms with Crippen LogP contribution in [0.15, 0.2) is 20.7 Å². The lowest BCUT2D eigenvalue weighted by Crippen LogP contribution is -2.30. The van der Waals surface area contributed by atoms with Crippen molar-refractivity contribution in [2.45, 2.75) is 44.2 Å². The van der Waals surface area contributed by atoms with Gasteiger partial charge in [-0.25, -0.2) is 18.2 Å². The second-order valence-corrected chi connectivity index (χ2v) is 7.29. The summed E-state index contributed by atoms with van der Waals surface area (Å²) in [7, 11) is -3.86. The molecule has 0 saturated heterocycles. The highest BCUT2D eigenvalue weighted by atomic mass is 32.2. The lowest BCUT2D eigenvalue weighted by atomic mass is 9.93. The van der Waals surface area contributed by atoms with Crippen LogP contribution in [0.25, 0.3) is 0 Å². The summed E-state index contributed by atoms with van der Waals surface area (Å²) in [5.41, 5.74) is 0.0855. The lowest BCUT2D eigenvalue weighted by Gasteiger charge is -2.19. The minimum Gasteiger partial charge on any atom is -0.347 e. The molecule has 0 aliphatic heterocycles. The highest BCUT2D eigenvalue weighted by molar-refractivity contribution is 7.89. The largest absolute Gasteiger partial charge is 0.438 e. The summed E-state index contributed by atoms with van der Waals surface area (Å²) in [6.07, 6.45) is 1.33. The van der Waals surface area contributed by atoms with E-state index in [0.29, 0.717) is 5.69 Å². The van der Waals surface area contributed by atoms with Crippen LogP contribution in [0.2, 0.25) is 0 Å². The fourth-order valence-electron chi connectivity index (χ4n) is 1.80. The number of aromatic nitrogens is 4. The van der Waals surface area contributed by atoms with Crippen LogP contribution in [0.4, 0.5) is 0 Å². The number of rotatable bonds is 4. The summed E-state index contributed by atoms with van der Waals surface area (Å²) in [6, 6.07) is -0.758. The summed E-state index contributed by atoms with van der Waals surface area (Å²) in [4.78, 5) is 19.9. The van der Waals surface area contributed by atoms with E-state index in [1.54, 1.807) is 0 Å². The van der Waals surface area contributed by atoms with Gasteiger partial charge in [0.1, 0.15) is 0 Å². The third-order valence-electron chi connectivity index (χ3n) is 2.81. The van der Waals surface area contributed by atoms with E-state index in [9.17, 15) is 13.2 Å². The quantitative estimate of drug-likeness (QED) is 0.748. The minimum absolute atomic E-state index is 0.0762. The van der Waals surface area contributed by atoms with Crippen molar-refractivity contribution < 1.29 is 12.9 Å². The number of hydrogen-bond donors (Lipinski definition) is 3. The van der Waals surface area contributed by atoms with Crippen LogP contribution >= 0.6 is 0 Å². The van der Waals surface area contributed by atoms with Gasteiger partial charge in [0.05, 0.1) is 18.1 Å². The number of imidazole rings is 1. The molecule has 0 aromatic carbocycles. The van der Waals surface area contributed by atoms with E-state index in [2.05, 4.69) is 29.4 Å². The molecule has 0 bridgehead atoms. The third kappa shape index (κ3) is 3.22. The fraction of sp³-hybridized carbons (Fsp3) is 0.545. The van der Waals surface area contributed by atoms with Gasteiger partial charge in [-0.3, -0.25) is 9.51 Å². The molecule has 1 atom stereocenters. The summed E-state index contributed by atoms with van der Waals surface area (Å²) >= 11 is 0. The van der Waals surface area contributed by atoms with Crippen molar-refractivity contribution in [3.05, 3.63) is 28.4 Å². The zero-order valence-electron chi connectivity index (χ0n) is 12.1. The number of hydrogen-bond acceptors (Lipinski definition) is 6. The first-order chi connectivity index (χ1) is 9.61. The van der Waals surface area contributed by atoms with Crippen LogP contribution < -0.4 is 10.5 Å². The molecule has 0 saturated carbocycles. The molecular weight excluding hydrogens is 298 g/mol. The van der Waals surface area contributed by atoms with Crippen LogP contribution in [0, 0.1) is 0 Å². The standard InChI is InChI=1S/C11H17N5O4S/c1-6(8-14-10(17)20-15-8)16-21(18,19)9-7(11(2,3)4)12-5-13-9/h5-6,16H,1-4H3,(H,12,13)(H,14,15,17). The van der Waals surface area contributed by atoms with Gasteiger partial charge >= 0.3 is 5.76 Å². The lowest BCUT2D eigenvalue weighted by molar-refractivity contribution is 0.377. The molecule has 2 aromatic rings. The van der Waals surface area contributed by atoms with Crippen molar-refractivity contribution >= 4 is 10.0 Å². The molecule has 0 aliphatic rings. The summed E-state index contributed by atoms with van der Waals surface area (Å²) in [5, 5.41) is 3.38. The Labute approximate surface area is 121 Å². The maximum absolute atomic E-state index is 12.4. The molecule has 116 valence electrons. The Bertz CT molecular complexity index is 780. The first kappa shape index (κ1) is 15.4. The molecule has 0 radical (unpaired) electrons. The van der Waals surface area contributed by atoms with E-state index in [1.165, 1.54) is 13.3 Å². The van der Waals surface area contributed by atoms with Crippen molar-refractivity contribution in [3.63, 3.8) is 0 Å². The molecule has 2 heterocycles. The van der Waals surface area contributed by atoms with Crippen LogP contribution in [-0.2, 0) is 15.4 Å². The predicted octanol–water partition coefficient (Wildman–Crippen LogP) is 0.423. The van der Waals surface area contributed by atoms with Gasteiger partial charge in [0.25, 0.3) is 10.0 Å². The molecule has 9 nitrogen and oxygen atoms in total. The zero-order valence-corrected chi connectivity index (χ0v) is 12.9. The fourth-order valence-corrected chi connectivity index (χ4v) is 3.31. The molecule has 3 N–H and O–H groups in total. The average Bonchev–Trinajstić information content (AvgIpc) is 2.95. The summed E-state index contributed by atoms with van der Waals surface area (Å²) < 4.78 is 31.6. The van der Waals surface area contributed by atoms with Gasteiger partial charge in [-0.05, 0) is 6.92 Å². The maximum atomic E-state index is 12.4. The molecule has 2 rings (SSSR count). The van der Waals surface area contributed by atoms with Crippen molar-refractivity contribution in [2.24, 2.45) is 0 Å². The highest BCUT2D eigenvalue weighted by Gasteiger charge is 2.30. The van der Waals surface area contributed by atoms with E-state index >= 15 is 0 Å². The van der Waals surface area contributed by atoms with Gasteiger partial charge < -0.3 is 4.98 Å². The third-order valence-corrected chi connectivity index (χ3v) is 4.29. The van der Waals surface area contributed by atoms with Crippen molar-refractivity contribution in [3.8, 4) is 0 Å². The second kappa shape index (κ2) is 5.11. The summed E-state index contributed by atoms with van der Waals surface area (Å²) in [5.74, 6) is -0.650. The molecule has 21 heavy (non-hydrogen) atoms. The Morgan fingerprint density at radius 2 is 2.05 bits per heavy atom. The smallest absolute Gasteiger partial charge is 0.347 e. The topological polar surface area (TPSA) is 134 Å². The minimum atomic E-state index is -3.86. The van der Waals surface area contributed by atoms with Crippen LogP contribution in [0.3, 0.4) is 0 Å². The predicted molar refractivity (Wildman–Crippen MR) is 73.1 cm³/mol. The van der Waals surface area contributed by atoms with Gasteiger partial charge in [0, 0.05) is 5.41 Å². The van der Waals surface area contributed by atoms with Gasteiger partial charge in [-0.1, -0.05) is 25.9 Å². The van der Waals surface area contributed by atoms with Crippen molar-refractivity contribution in [1.29, 1.82) is 0 Å². The van der Waals surface area contributed by atoms with Gasteiger partial charge in [0.2, 0.25) is 0 Å². The Morgan fingerprint density at radius 1 is 1.38 bits per heavy atom. The molecule has 0 fully saturated rings. The molecule has 0 spiro atoms. The normalized spacial score (nSPS) is 14.3. The van der Waals surface area contributed by atoms with Gasteiger partial charge in [-0.2, -0.15) is 4.72 Å².